The molecule has 1 aromatic heterocycles. The van der Waals surface area contributed by atoms with E-state index in [1.165, 1.54) is 18.7 Å². The quantitative estimate of drug-likeness (QED) is 0.708. The van der Waals surface area contributed by atoms with Crippen LogP contribution in [0.5, 0.6) is 0 Å². The molecule has 0 N–H and O–H groups in total. The fourth-order valence-electron chi connectivity index (χ4n) is 1.78. The second-order valence-electron chi connectivity index (χ2n) is 4.11. The Kier molecular flexibility index (Phi) is 2.89. The van der Waals surface area contributed by atoms with Gasteiger partial charge in [-0.25, -0.2) is 0 Å². The van der Waals surface area contributed by atoms with Gasteiger partial charge in [0.15, 0.2) is 0 Å². The molecule has 14 heavy (non-hydrogen) atoms. The highest BCUT2D eigenvalue weighted by Crippen LogP contribution is 2.12. The zero-order chi connectivity index (χ0) is 9.97. The minimum Gasteiger partial charge on any atom is -0.468 e. The van der Waals surface area contributed by atoms with Crippen LogP contribution in [-0.2, 0) is 6.54 Å². The molecule has 0 radical (unpaired) electrons. The third-order valence-electron chi connectivity index (χ3n) is 2.93. The highest BCUT2D eigenvalue weighted by Gasteiger charge is 2.15. The van der Waals surface area contributed by atoms with Crippen molar-refractivity contribution in [3.05, 3.63) is 23.7 Å². The Bertz CT molecular complexity index is 287. The molecule has 3 nitrogen and oxygen atoms in total. The number of nitrogens with zero attached hydrogens (tertiary/aromatic N) is 2. The molecule has 3 heteroatoms. The van der Waals surface area contributed by atoms with Crippen LogP contribution in [0.25, 0.3) is 0 Å². The molecule has 2 rings (SSSR count). The normalized spacial score (nSPS) is 20.1. The van der Waals surface area contributed by atoms with E-state index in [0.29, 0.717) is 0 Å². The predicted molar refractivity (Wildman–Crippen MR) is 56.2 cm³/mol. The van der Waals surface area contributed by atoms with Crippen molar-refractivity contribution in [2.24, 2.45) is 0 Å². The van der Waals surface area contributed by atoms with Crippen molar-refractivity contribution in [3.8, 4) is 0 Å². The monoisotopic (exact) mass is 194 g/mol. The van der Waals surface area contributed by atoms with Crippen LogP contribution in [0.3, 0.4) is 0 Å². The van der Waals surface area contributed by atoms with Crippen LogP contribution in [0.15, 0.2) is 16.7 Å². The first-order valence-corrected chi connectivity index (χ1v) is 5.19. The third-order valence-corrected chi connectivity index (χ3v) is 2.93. The zero-order valence-corrected chi connectivity index (χ0v) is 8.99. The van der Waals surface area contributed by atoms with Crippen LogP contribution in [0.1, 0.15) is 11.3 Å². The first kappa shape index (κ1) is 9.74. The van der Waals surface area contributed by atoms with E-state index in [1.54, 1.807) is 6.26 Å². The Morgan fingerprint density at radius 2 is 2.00 bits per heavy atom. The van der Waals surface area contributed by atoms with Gasteiger partial charge in [-0.1, -0.05) is 0 Å². The van der Waals surface area contributed by atoms with Gasteiger partial charge in [-0.05, 0) is 25.6 Å². The first-order valence-electron chi connectivity index (χ1n) is 5.19. The maximum Gasteiger partial charge on any atom is 0.120 e. The first-order chi connectivity index (χ1) is 6.75. The molecule has 1 aliphatic heterocycles. The number of hydrogen-bond acceptors (Lipinski definition) is 3. The molecular weight excluding hydrogens is 176 g/mol. The van der Waals surface area contributed by atoms with Gasteiger partial charge in [0, 0.05) is 26.2 Å². The van der Waals surface area contributed by atoms with Crippen molar-refractivity contribution < 1.29 is 4.42 Å². The van der Waals surface area contributed by atoms with Gasteiger partial charge in [0.05, 0.1) is 12.8 Å². The number of furan rings is 1. The summed E-state index contributed by atoms with van der Waals surface area (Å²) in [4.78, 5) is 4.82. The molecule has 1 aromatic rings. The standard InChI is InChI=1S/C11H18N2O/c1-10-3-8-14-11(10)9-13-6-4-12(2)5-7-13/h3,8H,4-7,9H2,1-2H3. The van der Waals surface area contributed by atoms with E-state index < -0.39 is 0 Å². The van der Waals surface area contributed by atoms with E-state index in [-0.39, 0.29) is 0 Å². The van der Waals surface area contributed by atoms with Crippen molar-refractivity contribution >= 4 is 0 Å². The number of piperazine rings is 1. The summed E-state index contributed by atoms with van der Waals surface area (Å²) in [5, 5.41) is 0. The molecule has 1 saturated heterocycles. The lowest BCUT2D eigenvalue weighted by Gasteiger charge is -2.31. The van der Waals surface area contributed by atoms with E-state index in [1.807, 2.05) is 6.07 Å². The fourth-order valence-corrected chi connectivity index (χ4v) is 1.78. The number of aryl methyl sites for hydroxylation is 1. The molecule has 1 aliphatic rings. The van der Waals surface area contributed by atoms with Crippen LogP contribution in [0, 0.1) is 6.92 Å². The van der Waals surface area contributed by atoms with E-state index >= 15 is 0 Å². The minimum atomic E-state index is 0.965. The highest BCUT2D eigenvalue weighted by atomic mass is 16.3. The lowest BCUT2D eigenvalue weighted by Crippen LogP contribution is -2.43. The Morgan fingerprint density at radius 3 is 2.57 bits per heavy atom. The van der Waals surface area contributed by atoms with Crippen molar-refractivity contribution in [2.45, 2.75) is 13.5 Å². The van der Waals surface area contributed by atoms with Gasteiger partial charge < -0.3 is 9.32 Å². The summed E-state index contributed by atoms with van der Waals surface area (Å²) in [6.07, 6.45) is 1.78. The second kappa shape index (κ2) is 4.15. The number of hydrogen-bond donors (Lipinski definition) is 0. The van der Waals surface area contributed by atoms with Crippen LogP contribution < -0.4 is 0 Å². The molecule has 0 aliphatic carbocycles. The molecule has 0 bridgehead atoms. The van der Waals surface area contributed by atoms with Gasteiger partial charge in [0.1, 0.15) is 5.76 Å². The SMILES string of the molecule is Cc1ccoc1CN1CCN(C)CC1. The summed E-state index contributed by atoms with van der Waals surface area (Å²) in [7, 11) is 2.18. The third kappa shape index (κ3) is 2.16. The van der Waals surface area contributed by atoms with Crippen LogP contribution in [0.4, 0.5) is 0 Å². The Balaban J connectivity index is 1.89. The smallest absolute Gasteiger partial charge is 0.120 e. The van der Waals surface area contributed by atoms with Gasteiger partial charge in [-0.3, -0.25) is 4.90 Å². The van der Waals surface area contributed by atoms with Crippen LogP contribution in [0.2, 0.25) is 0 Å². The Morgan fingerprint density at radius 1 is 1.29 bits per heavy atom. The number of likely N-dealkylation sites (N-methyl/N-ethyl adjacent to an activating group) is 1. The summed E-state index contributed by atoms with van der Waals surface area (Å²) in [5.74, 6) is 1.12. The largest absolute Gasteiger partial charge is 0.468 e. The number of rotatable bonds is 2. The lowest BCUT2D eigenvalue weighted by molar-refractivity contribution is 0.140. The van der Waals surface area contributed by atoms with E-state index in [0.717, 1.165) is 25.4 Å². The summed E-state index contributed by atoms with van der Waals surface area (Å²) in [5.41, 5.74) is 1.27. The van der Waals surface area contributed by atoms with Crippen molar-refractivity contribution in [1.82, 2.24) is 9.80 Å². The molecule has 0 spiro atoms. The summed E-state index contributed by atoms with van der Waals surface area (Å²) in [6.45, 7) is 7.70. The van der Waals surface area contributed by atoms with E-state index in [2.05, 4.69) is 23.8 Å². The van der Waals surface area contributed by atoms with Crippen molar-refractivity contribution in [2.75, 3.05) is 33.2 Å². The minimum absolute atomic E-state index is 0.965. The maximum atomic E-state index is 5.44. The Hall–Kier alpha value is -0.800. The molecular formula is C11H18N2O. The molecule has 78 valence electrons. The zero-order valence-electron chi connectivity index (χ0n) is 8.99. The fraction of sp³-hybridized carbons (Fsp3) is 0.636. The molecule has 0 atom stereocenters. The molecule has 1 fully saturated rings. The highest BCUT2D eigenvalue weighted by molar-refractivity contribution is 5.14. The van der Waals surface area contributed by atoms with Crippen molar-refractivity contribution in [3.63, 3.8) is 0 Å². The predicted octanol–water partition coefficient (Wildman–Crippen LogP) is 1.34. The van der Waals surface area contributed by atoms with Gasteiger partial charge >= 0.3 is 0 Å². The van der Waals surface area contributed by atoms with Gasteiger partial charge in [0.25, 0.3) is 0 Å². The summed E-state index contributed by atoms with van der Waals surface area (Å²) >= 11 is 0. The van der Waals surface area contributed by atoms with Crippen LogP contribution in [-0.4, -0.2) is 43.0 Å². The average Bonchev–Trinajstić information content (AvgIpc) is 2.56. The molecule has 2 heterocycles. The maximum absolute atomic E-state index is 5.44. The van der Waals surface area contributed by atoms with E-state index in [9.17, 15) is 0 Å². The van der Waals surface area contributed by atoms with Gasteiger partial charge in [-0.2, -0.15) is 0 Å². The van der Waals surface area contributed by atoms with Crippen LogP contribution >= 0.6 is 0 Å². The van der Waals surface area contributed by atoms with E-state index in [4.69, 9.17) is 4.42 Å². The molecule has 0 aromatic carbocycles. The molecule has 0 saturated carbocycles. The summed E-state index contributed by atoms with van der Waals surface area (Å²) < 4.78 is 5.44. The topological polar surface area (TPSA) is 19.6 Å². The van der Waals surface area contributed by atoms with Gasteiger partial charge in [0.2, 0.25) is 0 Å². The lowest BCUT2D eigenvalue weighted by atomic mass is 10.2. The Labute approximate surface area is 85.3 Å². The molecule has 0 amide bonds. The van der Waals surface area contributed by atoms with Crippen molar-refractivity contribution in [1.29, 1.82) is 0 Å². The molecule has 0 unspecified atom stereocenters. The van der Waals surface area contributed by atoms with Gasteiger partial charge in [-0.15, -0.1) is 0 Å². The average molecular weight is 194 g/mol. The second-order valence-corrected chi connectivity index (χ2v) is 4.11. The summed E-state index contributed by atoms with van der Waals surface area (Å²) in [6, 6.07) is 2.03.